The Kier molecular flexibility index (Phi) is 3.41. The van der Waals surface area contributed by atoms with Crippen LogP contribution in [0.15, 0.2) is 18.3 Å². The van der Waals surface area contributed by atoms with Crippen LogP contribution < -0.4 is 5.32 Å². The van der Waals surface area contributed by atoms with Gasteiger partial charge in [0.1, 0.15) is 11.7 Å². The molecular weight excluding hydrogens is 230 g/mol. The summed E-state index contributed by atoms with van der Waals surface area (Å²) < 4.78 is 1.84. The van der Waals surface area contributed by atoms with Crippen LogP contribution in [0.3, 0.4) is 0 Å². The van der Waals surface area contributed by atoms with Gasteiger partial charge in [-0.2, -0.15) is 0 Å². The minimum absolute atomic E-state index is 0.0844. The molecule has 0 saturated carbocycles. The van der Waals surface area contributed by atoms with E-state index >= 15 is 0 Å². The maximum Gasteiger partial charge on any atom is 0.270 e. The lowest BCUT2D eigenvalue weighted by atomic mass is 10.1. The Labute approximate surface area is 107 Å². The van der Waals surface area contributed by atoms with Gasteiger partial charge in [-0.05, 0) is 18.1 Å². The summed E-state index contributed by atoms with van der Waals surface area (Å²) in [7, 11) is 1.68. The third-order valence-electron chi connectivity index (χ3n) is 3.19. The summed E-state index contributed by atoms with van der Waals surface area (Å²) in [5, 5.41) is 2.88. The Morgan fingerprint density at radius 3 is 2.94 bits per heavy atom. The van der Waals surface area contributed by atoms with Gasteiger partial charge in [0, 0.05) is 19.8 Å². The highest BCUT2D eigenvalue weighted by atomic mass is 16.2. The van der Waals surface area contributed by atoms with Crippen LogP contribution in [0, 0.1) is 5.92 Å². The highest BCUT2D eigenvalue weighted by Crippen LogP contribution is 2.16. The quantitative estimate of drug-likeness (QED) is 0.858. The molecule has 18 heavy (non-hydrogen) atoms. The lowest BCUT2D eigenvalue weighted by molar-refractivity contribution is -0.126. The van der Waals surface area contributed by atoms with Crippen molar-refractivity contribution in [3.8, 4) is 0 Å². The molecule has 0 aliphatic carbocycles. The van der Waals surface area contributed by atoms with Gasteiger partial charge in [0.25, 0.3) is 5.91 Å². The first-order valence-corrected chi connectivity index (χ1v) is 6.20. The topological polar surface area (TPSA) is 54.3 Å². The summed E-state index contributed by atoms with van der Waals surface area (Å²) in [6.07, 6.45) is 1.84. The molecule has 1 aromatic rings. The van der Waals surface area contributed by atoms with Crippen LogP contribution in [0.4, 0.5) is 0 Å². The summed E-state index contributed by atoms with van der Waals surface area (Å²) in [5.41, 5.74) is 0.644. The van der Waals surface area contributed by atoms with Crippen molar-refractivity contribution in [1.82, 2.24) is 14.8 Å². The molecule has 1 N–H and O–H groups in total. The molecule has 5 heteroatoms. The van der Waals surface area contributed by atoms with Crippen molar-refractivity contribution in [2.45, 2.75) is 26.4 Å². The summed E-state index contributed by atoms with van der Waals surface area (Å²) in [5.74, 6) is 0.218. The summed E-state index contributed by atoms with van der Waals surface area (Å²) in [4.78, 5) is 25.6. The van der Waals surface area contributed by atoms with Gasteiger partial charge in [0.2, 0.25) is 5.91 Å². The van der Waals surface area contributed by atoms with Crippen molar-refractivity contribution < 1.29 is 9.59 Å². The Morgan fingerprint density at radius 1 is 1.56 bits per heavy atom. The fourth-order valence-corrected chi connectivity index (χ4v) is 2.08. The monoisotopic (exact) mass is 249 g/mol. The van der Waals surface area contributed by atoms with Crippen LogP contribution in [0.2, 0.25) is 0 Å². The number of amides is 2. The molecule has 0 bridgehead atoms. The third-order valence-corrected chi connectivity index (χ3v) is 3.19. The standard InChI is InChI=1S/C13H19N3O2/c1-9(2)7-14-12(17)11-8-16-6-4-5-10(16)13(18)15(11)3/h4-6,9,11H,7-8H2,1-3H3,(H,14,17). The van der Waals surface area contributed by atoms with Crippen LogP contribution in [0.25, 0.3) is 0 Å². The molecule has 2 heterocycles. The second-order valence-corrected chi connectivity index (χ2v) is 5.12. The number of rotatable bonds is 3. The van der Waals surface area contributed by atoms with Gasteiger partial charge in [-0.1, -0.05) is 13.8 Å². The maximum atomic E-state index is 12.1. The van der Waals surface area contributed by atoms with E-state index in [4.69, 9.17) is 0 Å². The number of fused-ring (bicyclic) bond motifs is 1. The smallest absolute Gasteiger partial charge is 0.270 e. The van der Waals surface area contributed by atoms with Gasteiger partial charge in [0.15, 0.2) is 0 Å². The van der Waals surface area contributed by atoms with E-state index < -0.39 is 6.04 Å². The number of carbonyl (C=O) groups excluding carboxylic acids is 2. The van der Waals surface area contributed by atoms with E-state index in [0.29, 0.717) is 24.7 Å². The number of carbonyl (C=O) groups is 2. The number of aromatic nitrogens is 1. The van der Waals surface area contributed by atoms with Crippen molar-refractivity contribution in [1.29, 1.82) is 0 Å². The number of likely N-dealkylation sites (N-methyl/N-ethyl adjacent to an activating group) is 1. The van der Waals surface area contributed by atoms with E-state index in [2.05, 4.69) is 5.32 Å². The van der Waals surface area contributed by atoms with Gasteiger partial charge in [-0.15, -0.1) is 0 Å². The van der Waals surface area contributed by atoms with Gasteiger partial charge in [-0.3, -0.25) is 9.59 Å². The molecule has 0 fully saturated rings. The molecule has 0 radical (unpaired) electrons. The molecule has 5 nitrogen and oxygen atoms in total. The molecule has 1 aliphatic rings. The lowest BCUT2D eigenvalue weighted by Crippen LogP contribution is -2.53. The lowest BCUT2D eigenvalue weighted by Gasteiger charge is -2.32. The number of nitrogens with one attached hydrogen (secondary N) is 1. The zero-order chi connectivity index (χ0) is 13.3. The second kappa shape index (κ2) is 4.84. The van der Waals surface area contributed by atoms with Crippen molar-refractivity contribution in [2.75, 3.05) is 13.6 Å². The van der Waals surface area contributed by atoms with Crippen LogP contribution in [-0.2, 0) is 11.3 Å². The molecular formula is C13H19N3O2. The van der Waals surface area contributed by atoms with Gasteiger partial charge >= 0.3 is 0 Å². The Hall–Kier alpha value is -1.78. The summed E-state index contributed by atoms with van der Waals surface area (Å²) in [6.45, 7) is 5.24. The van der Waals surface area contributed by atoms with Crippen LogP contribution in [-0.4, -0.2) is 40.9 Å². The second-order valence-electron chi connectivity index (χ2n) is 5.12. The van der Waals surface area contributed by atoms with Gasteiger partial charge in [0.05, 0.1) is 6.54 Å². The number of hydrogen-bond donors (Lipinski definition) is 1. The van der Waals surface area contributed by atoms with Crippen LogP contribution >= 0.6 is 0 Å². The van der Waals surface area contributed by atoms with E-state index in [1.165, 1.54) is 4.90 Å². The molecule has 1 aromatic heterocycles. The van der Waals surface area contributed by atoms with Crippen molar-refractivity contribution in [3.05, 3.63) is 24.0 Å². The Balaban J connectivity index is 2.11. The molecule has 0 saturated heterocycles. The molecule has 0 spiro atoms. The highest BCUT2D eigenvalue weighted by molar-refractivity contribution is 5.97. The van der Waals surface area contributed by atoms with E-state index in [1.54, 1.807) is 13.1 Å². The average molecular weight is 249 g/mol. The van der Waals surface area contributed by atoms with E-state index in [0.717, 1.165) is 0 Å². The zero-order valence-electron chi connectivity index (χ0n) is 11.0. The first kappa shape index (κ1) is 12.7. The molecule has 1 aliphatic heterocycles. The minimum Gasteiger partial charge on any atom is -0.354 e. The molecule has 0 aromatic carbocycles. The van der Waals surface area contributed by atoms with E-state index in [9.17, 15) is 9.59 Å². The minimum atomic E-state index is -0.420. The van der Waals surface area contributed by atoms with E-state index in [-0.39, 0.29) is 11.8 Å². The fourth-order valence-electron chi connectivity index (χ4n) is 2.08. The van der Waals surface area contributed by atoms with Crippen molar-refractivity contribution in [2.24, 2.45) is 5.92 Å². The summed E-state index contributed by atoms with van der Waals surface area (Å²) in [6, 6.07) is 3.19. The zero-order valence-corrected chi connectivity index (χ0v) is 11.0. The normalized spacial score (nSPS) is 19.0. The first-order valence-electron chi connectivity index (χ1n) is 6.20. The largest absolute Gasteiger partial charge is 0.354 e. The maximum absolute atomic E-state index is 12.1. The first-order chi connectivity index (χ1) is 8.50. The van der Waals surface area contributed by atoms with Crippen molar-refractivity contribution in [3.63, 3.8) is 0 Å². The van der Waals surface area contributed by atoms with E-state index in [1.807, 2.05) is 30.7 Å². The Bertz CT molecular complexity index is 465. The predicted molar refractivity (Wildman–Crippen MR) is 68.2 cm³/mol. The number of nitrogens with zero attached hydrogens (tertiary/aromatic N) is 2. The molecule has 1 atom stereocenters. The van der Waals surface area contributed by atoms with Crippen LogP contribution in [0.1, 0.15) is 24.3 Å². The van der Waals surface area contributed by atoms with Gasteiger partial charge in [-0.25, -0.2) is 0 Å². The Morgan fingerprint density at radius 2 is 2.28 bits per heavy atom. The van der Waals surface area contributed by atoms with Gasteiger partial charge < -0.3 is 14.8 Å². The highest BCUT2D eigenvalue weighted by Gasteiger charge is 2.33. The van der Waals surface area contributed by atoms with Crippen molar-refractivity contribution >= 4 is 11.8 Å². The summed E-state index contributed by atoms with van der Waals surface area (Å²) >= 11 is 0. The SMILES string of the molecule is CC(C)CNC(=O)C1Cn2cccc2C(=O)N1C. The molecule has 1 unspecified atom stereocenters. The molecule has 2 amide bonds. The fraction of sp³-hybridized carbons (Fsp3) is 0.538. The molecule has 98 valence electrons. The third kappa shape index (κ3) is 2.25. The average Bonchev–Trinajstić information content (AvgIpc) is 2.79. The van der Waals surface area contributed by atoms with Crippen LogP contribution in [0.5, 0.6) is 0 Å². The number of hydrogen-bond acceptors (Lipinski definition) is 2. The predicted octanol–water partition coefficient (Wildman–Crippen LogP) is 0.714. The molecule has 2 rings (SSSR count).